The van der Waals surface area contributed by atoms with E-state index in [2.05, 4.69) is 15.3 Å². The van der Waals surface area contributed by atoms with E-state index in [9.17, 15) is 14.9 Å². The smallest absolute Gasteiger partial charge is 0.339 e. The number of non-ortho nitro benzene ring substituents is 1. The summed E-state index contributed by atoms with van der Waals surface area (Å²) >= 11 is 0. The van der Waals surface area contributed by atoms with Crippen LogP contribution >= 0.6 is 0 Å². The predicted octanol–water partition coefficient (Wildman–Crippen LogP) is 5.25. The van der Waals surface area contributed by atoms with Crippen molar-refractivity contribution in [2.24, 2.45) is 0 Å². The van der Waals surface area contributed by atoms with E-state index in [0.717, 1.165) is 5.56 Å². The number of ether oxygens (including phenoxy) is 1. The fraction of sp³-hybridized carbons (Fsp3) is 0.0417. The van der Waals surface area contributed by atoms with Crippen LogP contribution in [-0.2, 0) is 4.74 Å². The van der Waals surface area contributed by atoms with Crippen molar-refractivity contribution >= 4 is 23.3 Å². The first-order chi connectivity index (χ1) is 15.5. The quantitative estimate of drug-likeness (QED) is 0.255. The first-order valence-corrected chi connectivity index (χ1v) is 9.69. The fourth-order valence-electron chi connectivity index (χ4n) is 3.16. The van der Waals surface area contributed by atoms with Crippen LogP contribution in [0, 0.1) is 10.1 Å². The average Bonchev–Trinajstić information content (AvgIpc) is 2.84. The van der Waals surface area contributed by atoms with Crippen molar-refractivity contribution < 1.29 is 14.5 Å². The summed E-state index contributed by atoms with van der Waals surface area (Å²) in [7, 11) is 1.32. The standard InChI is InChI=1S/C24H18N4O4/c1-32-23(29)19-9-5-6-10-20(19)25-24-26-21(16-7-3-2-4-8-16)15-22(27-24)17-11-13-18(14-12-17)28(30)31/h2-15H,1H3,(H,25,26,27). The molecule has 1 N–H and O–H groups in total. The summed E-state index contributed by atoms with van der Waals surface area (Å²) in [6, 6.07) is 24.4. The number of carbonyl (C=O) groups is 1. The summed E-state index contributed by atoms with van der Waals surface area (Å²) in [5.74, 6) is -0.209. The van der Waals surface area contributed by atoms with Crippen molar-refractivity contribution in [1.29, 1.82) is 0 Å². The molecule has 0 aliphatic heterocycles. The van der Waals surface area contributed by atoms with Gasteiger partial charge in [-0.1, -0.05) is 42.5 Å². The number of nitro benzene ring substituents is 1. The molecule has 8 nitrogen and oxygen atoms in total. The Labute approximate surface area is 183 Å². The van der Waals surface area contributed by atoms with Gasteiger partial charge in [-0.25, -0.2) is 14.8 Å². The van der Waals surface area contributed by atoms with Crippen molar-refractivity contribution in [2.45, 2.75) is 0 Å². The minimum atomic E-state index is -0.483. The molecule has 0 atom stereocenters. The van der Waals surface area contributed by atoms with Crippen LogP contribution in [-0.4, -0.2) is 28.0 Å². The number of aromatic nitrogens is 2. The Balaban J connectivity index is 1.80. The Kier molecular flexibility index (Phi) is 5.85. The molecule has 8 heteroatoms. The van der Waals surface area contributed by atoms with Gasteiger partial charge in [0.25, 0.3) is 5.69 Å². The van der Waals surface area contributed by atoms with E-state index in [1.54, 1.807) is 36.4 Å². The number of anilines is 2. The van der Waals surface area contributed by atoms with Crippen LogP contribution in [0.5, 0.6) is 0 Å². The Morgan fingerprint density at radius 1 is 0.875 bits per heavy atom. The van der Waals surface area contributed by atoms with Crippen LogP contribution in [0.25, 0.3) is 22.5 Å². The van der Waals surface area contributed by atoms with Crippen LogP contribution in [0.4, 0.5) is 17.3 Å². The highest BCUT2D eigenvalue weighted by molar-refractivity contribution is 5.96. The monoisotopic (exact) mass is 426 g/mol. The summed E-state index contributed by atoms with van der Waals surface area (Å²) in [5, 5.41) is 14.1. The second-order valence-electron chi connectivity index (χ2n) is 6.79. The second-order valence-corrected chi connectivity index (χ2v) is 6.79. The molecule has 0 aliphatic carbocycles. The third-order valence-electron chi connectivity index (χ3n) is 4.75. The molecule has 0 saturated carbocycles. The molecule has 4 aromatic rings. The van der Waals surface area contributed by atoms with Gasteiger partial charge in [-0.2, -0.15) is 0 Å². The van der Waals surface area contributed by atoms with Crippen LogP contribution in [0.1, 0.15) is 10.4 Å². The number of nitrogens with one attached hydrogen (secondary N) is 1. The average molecular weight is 426 g/mol. The highest BCUT2D eigenvalue weighted by atomic mass is 16.6. The van der Waals surface area contributed by atoms with E-state index in [-0.39, 0.29) is 11.6 Å². The van der Waals surface area contributed by atoms with E-state index in [0.29, 0.717) is 28.2 Å². The van der Waals surface area contributed by atoms with Crippen molar-refractivity contribution in [3.63, 3.8) is 0 Å². The van der Waals surface area contributed by atoms with Crippen molar-refractivity contribution in [3.05, 3.63) is 101 Å². The van der Waals surface area contributed by atoms with Crippen LogP contribution in [0.3, 0.4) is 0 Å². The molecule has 0 saturated heterocycles. The zero-order valence-corrected chi connectivity index (χ0v) is 17.1. The Morgan fingerprint density at radius 2 is 1.47 bits per heavy atom. The summed E-state index contributed by atoms with van der Waals surface area (Å²) in [5.41, 5.74) is 3.65. The highest BCUT2D eigenvalue weighted by Crippen LogP contribution is 2.28. The first-order valence-electron chi connectivity index (χ1n) is 9.69. The minimum Gasteiger partial charge on any atom is -0.465 e. The number of carbonyl (C=O) groups excluding carboxylic acids is 1. The summed E-state index contributed by atoms with van der Waals surface area (Å²) < 4.78 is 4.86. The molecular weight excluding hydrogens is 408 g/mol. The zero-order chi connectivity index (χ0) is 22.5. The SMILES string of the molecule is COC(=O)c1ccccc1Nc1nc(-c2ccccc2)cc(-c2ccc([N+](=O)[O-])cc2)n1. The molecule has 0 aliphatic rings. The Bertz CT molecular complexity index is 1270. The maximum absolute atomic E-state index is 12.1. The maximum Gasteiger partial charge on any atom is 0.339 e. The van der Waals surface area contributed by atoms with Gasteiger partial charge in [0, 0.05) is 23.3 Å². The molecule has 3 aromatic carbocycles. The van der Waals surface area contributed by atoms with E-state index < -0.39 is 10.9 Å². The second kappa shape index (κ2) is 9.05. The molecule has 1 heterocycles. The number of benzene rings is 3. The molecule has 0 fully saturated rings. The van der Waals surface area contributed by atoms with Gasteiger partial charge in [0.2, 0.25) is 5.95 Å². The van der Waals surface area contributed by atoms with Gasteiger partial charge >= 0.3 is 5.97 Å². The molecule has 0 spiro atoms. The number of nitrogens with zero attached hydrogens (tertiary/aromatic N) is 3. The van der Waals surface area contributed by atoms with Crippen LogP contribution in [0.2, 0.25) is 0 Å². The van der Waals surface area contributed by atoms with Gasteiger partial charge in [0.15, 0.2) is 0 Å². The third-order valence-corrected chi connectivity index (χ3v) is 4.75. The Hall–Kier alpha value is -4.59. The third kappa shape index (κ3) is 4.44. The van der Waals surface area contributed by atoms with E-state index in [1.807, 2.05) is 36.4 Å². The van der Waals surface area contributed by atoms with E-state index >= 15 is 0 Å². The van der Waals surface area contributed by atoms with Crippen LogP contribution in [0.15, 0.2) is 84.9 Å². The number of methoxy groups -OCH3 is 1. The topological polar surface area (TPSA) is 107 Å². The highest BCUT2D eigenvalue weighted by Gasteiger charge is 2.15. The number of hydrogen-bond acceptors (Lipinski definition) is 7. The normalized spacial score (nSPS) is 10.4. The first kappa shape index (κ1) is 20.7. The van der Waals surface area contributed by atoms with Crippen molar-refractivity contribution in [1.82, 2.24) is 9.97 Å². The van der Waals surface area contributed by atoms with Gasteiger partial charge in [-0.05, 0) is 30.3 Å². The number of rotatable bonds is 6. The lowest BCUT2D eigenvalue weighted by molar-refractivity contribution is -0.384. The molecular formula is C24H18N4O4. The molecule has 0 unspecified atom stereocenters. The molecule has 0 amide bonds. The fourth-order valence-corrected chi connectivity index (χ4v) is 3.16. The molecule has 158 valence electrons. The minimum absolute atomic E-state index is 0.00329. The maximum atomic E-state index is 12.1. The van der Waals surface area contributed by atoms with Gasteiger partial charge in [0.1, 0.15) is 0 Å². The van der Waals surface area contributed by atoms with Gasteiger partial charge in [0.05, 0.1) is 34.7 Å². The zero-order valence-electron chi connectivity index (χ0n) is 17.1. The molecule has 4 rings (SSSR count). The van der Waals surface area contributed by atoms with E-state index in [1.165, 1.54) is 19.2 Å². The largest absolute Gasteiger partial charge is 0.465 e. The van der Waals surface area contributed by atoms with Gasteiger partial charge < -0.3 is 10.1 Å². The van der Waals surface area contributed by atoms with E-state index in [4.69, 9.17) is 4.74 Å². The lowest BCUT2D eigenvalue weighted by Gasteiger charge is -2.12. The molecule has 1 aromatic heterocycles. The van der Waals surface area contributed by atoms with Gasteiger partial charge in [-0.3, -0.25) is 10.1 Å². The van der Waals surface area contributed by atoms with Crippen molar-refractivity contribution in [2.75, 3.05) is 12.4 Å². The Morgan fingerprint density at radius 3 is 2.09 bits per heavy atom. The summed E-state index contributed by atoms with van der Waals surface area (Å²) in [6.07, 6.45) is 0. The van der Waals surface area contributed by atoms with Crippen LogP contribution < -0.4 is 5.32 Å². The number of esters is 1. The molecule has 32 heavy (non-hydrogen) atoms. The van der Waals surface area contributed by atoms with Crippen molar-refractivity contribution in [3.8, 4) is 22.5 Å². The predicted molar refractivity (Wildman–Crippen MR) is 121 cm³/mol. The van der Waals surface area contributed by atoms with Gasteiger partial charge in [-0.15, -0.1) is 0 Å². The number of para-hydroxylation sites is 1. The molecule has 0 radical (unpaired) electrons. The number of hydrogen-bond donors (Lipinski definition) is 1. The number of nitro groups is 1. The summed E-state index contributed by atoms with van der Waals surface area (Å²) in [6.45, 7) is 0. The lowest BCUT2D eigenvalue weighted by Crippen LogP contribution is -2.07. The summed E-state index contributed by atoms with van der Waals surface area (Å²) in [4.78, 5) is 31.9. The molecule has 0 bridgehead atoms. The lowest BCUT2D eigenvalue weighted by atomic mass is 10.1.